The zero-order valence-electron chi connectivity index (χ0n) is 8.10. The van der Waals surface area contributed by atoms with Crippen molar-refractivity contribution in [3.05, 3.63) is 19.1 Å². The van der Waals surface area contributed by atoms with Crippen LogP contribution in [0, 0.1) is 12.8 Å². The van der Waals surface area contributed by atoms with Crippen LogP contribution >= 0.6 is 0 Å². The first-order valence-corrected chi connectivity index (χ1v) is 5.37. The lowest BCUT2D eigenvalue weighted by Gasteiger charge is -2.14. The topological polar surface area (TPSA) is 0 Å². The normalized spacial score (nSPS) is 26.9. The third kappa shape index (κ3) is 3.94. The van der Waals surface area contributed by atoms with Gasteiger partial charge in [0.05, 0.1) is 0 Å². The van der Waals surface area contributed by atoms with Crippen LogP contribution in [0.2, 0.25) is 0 Å². The van der Waals surface area contributed by atoms with Gasteiger partial charge in [-0.3, -0.25) is 0 Å². The summed E-state index contributed by atoms with van der Waals surface area (Å²) in [5.41, 5.74) is 0. The molecular formula is C12H21. The van der Waals surface area contributed by atoms with Crippen molar-refractivity contribution in [3.8, 4) is 0 Å². The SMILES string of the molecule is [CH2]CC1CCCC=CCCCC1. The molecule has 1 atom stereocenters. The van der Waals surface area contributed by atoms with Crippen LogP contribution < -0.4 is 0 Å². The van der Waals surface area contributed by atoms with E-state index in [9.17, 15) is 0 Å². The van der Waals surface area contributed by atoms with Gasteiger partial charge in [0.1, 0.15) is 0 Å². The zero-order chi connectivity index (χ0) is 8.65. The fraction of sp³-hybridized carbons (Fsp3) is 0.750. The van der Waals surface area contributed by atoms with Crippen molar-refractivity contribution in [2.24, 2.45) is 5.92 Å². The molecule has 0 saturated heterocycles. The summed E-state index contributed by atoms with van der Waals surface area (Å²) < 4.78 is 0. The highest BCUT2D eigenvalue weighted by Gasteiger charge is 2.05. The molecular weight excluding hydrogens is 144 g/mol. The predicted molar refractivity (Wildman–Crippen MR) is 54.9 cm³/mol. The van der Waals surface area contributed by atoms with Crippen molar-refractivity contribution in [2.75, 3.05) is 0 Å². The Bertz CT molecular complexity index is 124. The van der Waals surface area contributed by atoms with Crippen molar-refractivity contribution in [1.29, 1.82) is 0 Å². The summed E-state index contributed by atoms with van der Waals surface area (Å²) in [6, 6.07) is 0. The van der Waals surface area contributed by atoms with Gasteiger partial charge in [-0.1, -0.05) is 44.8 Å². The first kappa shape index (κ1) is 9.83. The largest absolute Gasteiger partial charge is 0.0885 e. The first-order valence-electron chi connectivity index (χ1n) is 5.37. The average molecular weight is 165 g/mol. The van der Waals surface area contributed by atoms with Crippen LogP contribution in [0.4, 0.5) is 0 Å². The van der Waals surface area contributed by atoms with E-state index >= 15 is 0 Å². The summed E-state index contributed by atoms with van der Waals surface area (Å²) in [5, 5.41) is 0. The summed E-state index contributed by atoms with van der Waals surface area (Å²) in [6.07, 6.45) is 15.4. The van der Waals surface area contributed by atoms with E-state index in [0.29, 0.717) is 0 Å². The quantitative estimate of drug-likeness (QED) is 0.512. The smallest absolute Gasteiger partial charge is 0.0351 e. The second-order valence-corrected chi connectivity index (χ2v) is 3.84. The van der Waals surface area contributed by atoms with E-state index in [0.717, 1.165) is 12.3 Å². The molecule has 0 N–H and O–H groups in total. The number of hydrogen-bond acceptors (Lipinski definition) is 0. The van der Waals surface area contributed by atoms with Crippen molar-refractivity contribution in [1.82, 2.24) is 0 Å². The van der Waals surface area contributed by atoms with Gasteiger partial charge in [0, 0.05) is 0 Å². The highest BCUT2D eigenvalue weighted by Crippen LogP contribution is 2.21. The summed E-state index contributed by atoms with van der Waals surface area (Å²) >= 11 is 0. The Morgan fingerprint density at radius 1 is 1.00 bits per heavy atom. The predicted octanol–water partition coefficient (Wildman–Crippen LogP) is 4.13. The van der Waals surface area contributed by atoms with Crippen LogP contribution in [0.15, 0.2) is 12.2 Å². The monoisotopic (exact) mass is 165 g/mol. The van der Waals surface area contributed by atoms with Gasteiger partial charge in [-0.05, 0) is 31.6 Å². The van der Waals surface area contributed by atoms with E-state index in [2.05, 4.69) is 19.1 Å². The van der Waals surface area contributed by atoms with E-state index in [-0.39, 0.29) is 0 Å². The van der Waals surface area contributed by atoms with Crippen molar-refractivity contribution < 1.29 is 0 Å². The lowest BCUT2D eigenvalue weighted by Crippen LogP contribution is -1.99. The van der Waals surface area contributed by atoms with Crippen molar-refractivity contribution in [3.63, 3.8) is 0 Å². The minimum absolute atomic E-state index is 0.913. The van der Waals surface area contributed by atoms with Gasteiger partial charge < -0.3 is 0 Å². The molecule has 0 fully saturated rings. The molecule has 0 aliphatic heterocycles. The maximum absolute atomic E-state index is 4.02. The molecule has 1 aliphatic rings. The molecule has 0 saturated carbocycles. The molecule has 0 bridgehead atoms. The molecule has 0 aromatic rings. The molecule has 0 heteroatoms. The van der Waals surface area contributed by atoms with Crippen molar-refractivity contribution in [2.45, 2.75) is 51.4 Å². The van der Waals surface area contributed by atoms with Crippen LogP contribution in [0.3, 0.4) is 0 Å². The molecule has 1 aliphatic carbocycles. The van der Waals surface area contributed by atoms with Gasteiger partial charge in [0.2, 0.25) is 0 Å². The molecule has 1 unspecified atom stereocenters. The second-order valence-electron chi connectivity index (χ2n) is 3.84. The number of hydrogen-bond donors (Lipinski definition) is 0. The Morgan fingerprint density at radius 2 is 1.67 bits per heavy atom. The first-order chi connectivity index (χ1) is 5.93. The van der Waals surface area contributed by atoms with E-state index in [1.807, 2.05) is 0 Å². The highest BCUT2D eigenvalue weighted by atomic mass is 14.1. The number of rotatable bonds is 1. The van der Waals surface area contributed by atoms with Gasteiger partial charge in [0.15, 0.2) is 0 Å². The van der Waals surface area contributed by atoms with Gasteiger partial charge in [-0.25, -0.2) is 0 Å². The molecule has 0 spiro atoms. The van der Waals surface area contributed by atoms with E-state index in [1.165, 1.54) is 44.9 Å². The Hall–Kier alpha value is -0.260. The molecule has 12 heavy (non-hydrogen) atoms. The van der Waals surface area contributed by atoms with Crippen LogP contribution in [0.5, 0.6) is 0 Å². The van der Waals surface area contributed by atoms with Crippen LogP contribution in [-0.2, 0) is 0 Å². The molecule has 0 nitrogen and oxygen atoms in total. The molecule has 0 aromatic heterocycles. The van der Waals surface area contributed by atoms with Crippen LogP contribution in [0.1, 0.15) is 51.4 Å². The van der Waals surface area contributed by atoms with E-state index in [4.69, 9.17) is 0 Å². The summed E-state index contributed by atoms with van der Waals surface area (Å²) in [6.45, 7) is 4.02. The highest BCUT2D eigenvalue weighted by molar-refractivity contribution is 4.82. The Balaban J connectivity index is 2.26. The molecule has 1 rings (SSSR count). The lowest BCUT2D eigenvalue weighted by atomic mass is 9.92. The number of allylic oxidation sites excluding steroid dienone is 2. The summed E-state index contributed by atoms with van der Waals surface area (Å²) in [7, 11) is 0. The third-order valence-corrected chi connectivity index (χ3v) is 2.79. The maximum Gasteiger partial charge on any atom is -0.0351 e. The molecule has 0 amide bonds. The van der Waals surface area contributed by atoms with Gasteiger partial charge in [0.25, 0.3) is 0 Å². The van der Waals surface area contributed by atoms with Gasteiger partial charge in [-0.15, -0.1) is 0 Å². The molecule has 69 valence electrons. The average Bonchev–Trinajstić information content (AvgIpc) is 2.14. The second kappa shape index (κ2) is 6.28. The fourth-order valence-electron chi connectivity index (χ4n) is 1.89. The van der Waals surface area contributed by atoms with Crippen molar-refractivity contribution >= 4 is 0 Å². The fourth-order valence-corrected chi connectivity index (χ4v) is 1.89. The minimum Gasteiger partial charge on any atom is -0.0885 e. The Morgan fingerprint density at radius 3 is 2.42 bits per heavy atom. The van der Waals surface area contributed by atoms with Gasteiger partial charge in [-0.2, -0.15) is 0 Å². The third-order valence-electron chi connectivity index (χ3n) is 2.79. The Kier molecular flexibility index (Phi) is 5.14. The zero-order valence-corrected chi connectivity index (χ0v) is 8.10. The standard InChI is InChI=1S/C12H21/c1-2-12-10-8-6-4-3-5-7-9-11-12/h3-4,12H,1-2,5-11H2. The molecule has 0 heterocycles. The van der Waals surface area contributed by atoms with Gasteiger partial charge >= 0.3 is 0 Å². The maximum atomic E-state index is 4.02. The Labute approximate surface area is 77.1 Å². The molecule has 0 aromatic carbocycles. The van der Waals surface area contributed by atoms with Crippen LogP contribution in [-0.4, -0.2) is 0 Å². The van der Waals surface area contributed by atoms with E-state index in [1.54, 1.807) is 0 Å². The lowest BCUT2D eigenvalue weighted by molar-refractivity contribution is 0.420. The molecule has 1 radical (unpaired) electrons. The van der Waals surface area contributed by atoms with E-state index < -0.39 is 0 Å². The van der Waals surface area contributed by atoms with Crippen LogP contribution in [0.25, 0.3) is 0 Å². The summed E-state index contributed by atoms with van der Waals surface area (Å²) in [4.78, 5) is 0. The summed E-state index contributed by atoms with van der Waals surface area (Å²) in [5.74, 6) is 0.913. The minimum atomic E-state index is 0.913.